The van der Waals surface area contributed by atoms with E-state index in [4.69, 9.17) is 4.74 Å². The second-order valence-electron chi connectivity index (χ2n) is 7.89. The van der Waals surface area contributed by atoms with E-state index in [2.05, 4.69) is 0 Å². The van der Waals surface area contributed by atoms with Crippen molar-refractivity contribution in [3.8, 4) is 0 Å². The third-order valence-electron chi connectivity index (χ3n) is 4.77. The van der Waals surface area contributed by atoms with Gasteiger partial charge in [0.1, 0.15) is 11.6 Å². The van der Waals surface area contributed by atoms with E-state index < -0.39 is 23.7 Å². The second-order valence-corrected chi connectivity index (χ2v) is 7.89. The lowest BCUT2D eigenvalue weighted by atomic mass is 9.86. The van der Waals surface area contributed by atoms with Crippen LogP contribution in [0.2, 0.25) is 0 Å². The van der Waals surface area contributed by atoms with E-state index in [0.717, 1.165) is 25.7 Å². The Morgan fingerprint density at radius 2 is 1.83 bits per heavy atom. The minimum atomic E-state index is -0.937. The van der Waals surface area contributed by atoms with E-state index in [1.165, 1.54) is 4.90 Å². The van der Waals surface area contributed by atoms with Gasteiger partial charge in [-0.15, -0.1) is 0 Å². The van der Waals surface area contributed by atoms with Gasteiger partial charge in [0.25, 0.3) is 0 Å². The smallest absolute Gasteiger partial charge is 0.410 e. The molecule has 0 bridgehead atoms. The van der Waals surface area contributed by atoms with E-state index in [9.17, 15) is 19.8 Å². The van der Waals surface area contributed by atoms with Gasteiger partial charge in [0.15, 0.2) is 0 Å². The molecule has 3 atom stereocenters. The third-order valence-corrected chi connectivity index (χ3v) is 4.77. The summed E-state index contributed by atoms with van der Waals surface area (Å²) < 4.78 is 5.34. The zero-order valence-electron chi connectivity index (χ0n) is 14.9. The number of carboxylic acid groups (broad SMARTS) is 1. The van der Waals surface area contributed by atoms with Gasteiger partial charge in [0, 0.05) is 19.6 Å². The molecular formula is C17H30N2O5. The molecule has 1 aliphatic carbocycles. The van der Waals surface area contributed by atoms with Crippen molar-refractivity contribution in [2.75, 3.05) is 26.2 Å². The maximum atomic E-state index is 12.2. The summed E-state index contributed by atoms with van der Waals surface area (Å²) in [6.07, 6.45) is 3.02. The van der Waals surface area contributed by atoms with Crippen molar-refractivity contribution < 1.29 is 24.5 Å². The summed E-state index contributed by atoms with van der Waals surface area (Å²) in [5, 5.41) is 19.7. The first-order chi connectivity index (χ1) is 11.2. The normalized spacial score (nSPS) is 29.3. The minimum Gasteiger partial charge on any atom is -0.480 e. The lowest BCUT2D eigenvalue weighted by Crippen LogP contribution is -2.59. The average Bonchev–Trinajstić information content (AvgIpc) is 2.48. The molecule has 1 heterocycles. The summed E-state index contributed by atoms with van der Waals surface area (Å²) in [4.78, 5) is 27.2. The first kappa shape index (κ1) is 19.0. The van der Waals surface area contributed by atoms with Crippen LogP contribution in [0.25, 0.3) is 0 Å². The molecule has 0 aromatic rings. The van der Waals surface area contributed by atoms with E-state index >= 15 is 0 Å². The Hall–Kier alpha value is -1.34. The fourth-order valence-electron chi connectivity index (χ4n) is 3.47. The number of piperazine rings is 1. The van der Waals surface area contributed by atoms with Crippen molar-refractivity contribution in [3.05, 3.63) is 0 Å². The number of amides is 1. The summed E-state index contributed by atoms with van der Waals surface area (Å²) in [5.41, 5.74) is -0.598. The molecule has 2 rings (SSSR count). The molecule has 0 aromatic heterocycles. The summed E-state index contributed by atoms with van der Waals surface area (Å²) in [6, 6.07) is -0.750. The molecule has 1 amide bonds. The fourth-order valence-corrected chi connectivity index (χ4v) is 3.47. The number of ether oxygens (including phenoxy) is 1. The highest BCUT2D eigenvalue weighted by Crippen LogP contribution is 2.26. The number of aliphatic carboxylic acids is 1. The highest BCUT2D eigenvalue weighted by atomic mass is 16.6. The fraction of sp³-hybridized carbons (Fsp3) is 0.882. The van der Waals surface area contributed by atoms with Crippen LogP contribution in [0.5, 0.6) is 0 Å². The second kappa shape index (κ2) is 7.70. The number of carboxylic acids is 1. The third kappa shape index (κ3) is 5.08. The lowest BCUT2D eigenvalue weighted by Gasteiger charge is -2.42. The summed E-state index contributed by atoms with van der Waals surface area (Å²) in [7, 11) is 0. The van der Waals surface area contributed by atoms with Gasteiger partial charge in [-0.1, -0.05) is 12.8 Å². The summed E-state index contributed by atoms with van der Waals surface area (Å²) >= 11 is 0. The van der Waals surface area contributed by atoms with Crippen molar-refractivity contribution in [1.29, 1.82) is 0 Å². The van der Waals surface area contributed by atoms with Crippen molar-refractivity contribution >= 4 is 12.1 Å². The van der Waals surface area contributed by atoms with Crippen molar-refractivity contribution in [2.45, 2.75) is 64.2 Å². The van der Waals surface area contributed by atoms with Gasteiger partial charge < -0.3 is 19.8 Å². The Morgan fingerprint density at radius 1 is 1.17 bits per heavy atom. The minimum absolute atomic E-state index is 0.118. The Morgan fingerprint density at radius 3 is 2.42 bits per heavy atom. The zero-order chi connectivity index (χ0) is 17.9. The average molecular weight is 342 g/mol. The molecule has 2 N–H and O–H groups in total. The number of carbonyl (C=O) groups excluding carboxylic acids is 1. The van der Waals surface area contributed by atoms with E-state index in [-0.39, 0.29) is 18.6 Å². The molecule has 1 saturated carbocycles. The molecule has 138 valence electrons. The maximum absolute atomic E-state index is 12.2. The van der Waals surface area contributed by atoms with Crippen LogP contribution in [0.4, 0.5) is 4.79 Å². The number of aliphatic hydroxyl groups is 1. The summed E-state index contributed by atoms with van der Waals surface area (Å²) in [6.45, 7) is 7.00. The molecule has 0 aromatic carbocycles. The molecular weight excluding hydrogens is 312 g/mol. The standard InChI is InChI=1S/C17H30N2O5/c1-17(2,3)24-16(23)19-9-8-18(13(11-19)15(21)22)10-12-6-4-5-7-14(12)20/h12-14,20H,4-11H2,1-3H3,(H,21,22). The topological polar surface area (TPSA) is 90.3 Å². The van der Waals surface area contributed by atoms with Crippen LogP contribution in [-0.2, 0) is 9.53 Å². The van der Waals surface area contributed by atoms with Gasteiger partial charge in [-0.25, -0.2) is 4.79 Å². The zero-order valence-corrected chi connectivity index (χ0v) is 14.9. The van der Waals surface area contributed by atoms with Crippen molar-refractivity contribution in [1.82, 2.24) is 9.80 Å². The Balaban J connectivity index is 1.97. The highest BCUT2D eigenvalue weighted by molar-refractivity contribution is 5.76. The quantitative estimate of drug-likeness (QED) is 0.809. The van der Waals surface area contributed by atoms with Crippen LogP contribution in [0.15, 0.2) is 0 Å². The number of rotatable bonds is 3. The van der Waals surface area contributed by atoms with E-state index in [0.29, 0.717) is 19.6 Å². The molecule has 1 saturated heterocycles. The van der Waals surface area contributed by atoms with Gasteiger partial charge >= 0.3 is 12.1 Å². The van der Waals surface area contributed by atoms with E-state index in [1.807, 2.05) is 4.90 Å². The van der Waals surface area contributed by atoms with Crippen LogP contribution >= 0.6 is 0 Å². The monoisotopic (exact) mass is 342 g/mol. The van der Waals surface area contributed by atoms with Crippen LogP contribution < -0.4 is 0 Å². The van der Waals surface area contributed by atoms with Gasteiger partial charge in [-0.3, -0.25) is 9.69 Å². The summed E-state index contributed by atoms with van der Waals surface area (Å²) in [5.74, 6) is -0.817. The van der Waals surface area contributed by atoms with Crippen LogP contribution in [-0.4, -0.2) is 76.0 Å². The predicted molar refractivity (Wildman–Crippen MR) is 88.8 cm³/mol. The lowest BCUT2D eigenvalue weighted by molar-refractivity contribution is -0.146. The number of carbonyl (C=O) groups is 2. The van der Waals surface area contributed by atoms with Crippen molar-refractivity contribution in [2.24, 2.45) is 5.92 Å². The van der Waals surface area contributed by atoms with Crippen molar-refractivity contribution in [3.63, 3.8) is 0 Å². The first-order valence-corrected chi connectivity index (χ1v) is 8.80. The van der Waals surface area contributed by atoms with Gasteiger partial charge in [-0.2, -0.15) is 0 Å². The largest absolute Gasteiger partial charge is 0.480 e. The SMILES string of the molecule is CC(C)(C)OC(=O)N1CCN(CC2CCCCC2O)C(C(=O)O)C1. The first-order valence-electron chi connectivity index (χ1n) is 8.80. The molecule has 7 nitrogen and oxygen atoms in total. The Kier molecular flexibility index (Phi) is 6.09. The van der Waals surface area contributed by atoms with Gasteiger partial charge in [-0.05, 0) is 39.5 Å². The number of hydrogen-bond donors (Lipinski definition) is 2. The van der Waals surface area contributed by atoms with Crippen LogP contribution in [0.1, 0.15) is 46.5 Å². The van der Waals surface area contributed by atoms with Gasteiger partial charge in [0.05, 0.1) is 12.6 Å². The molecule has 0 spiro atoms. The molecule has 2 fully saturated rings. The number of aliphatic hydroxyl groups excluding tert-OH is 1. The predicted octanol–water partition coefficient (Wildman–Crippen LogP) is 1.54. The van der Waals surface area contributed by atoms with Crippen LogP contribution in [0.3, 0.4) is 0 Å². The molecule has 0 radical (unpaired) electrons. The Labute approximate surface area is 143 Å². The molecule has 24 heavy (non-hydrogen) atoms. The van der Waals surface area contributed by atoms with Crippen LogP contribution in [0, 0.1) is 5.92 Å². The molecule has 7 heteroatoms. The molecule has 1 aliphatic heterocycles. The van der Waals surface area contributed by atoms with E-state index in [1.54, 1.807) is 20.8 Å². The molecule has 2 aliphatic rings. The highest BCUT2D eigenvalue weighted by Gasteiger charge is 2.38. The Bertz CT molecular complexity index is 462. The number of nitrogens with zero attached hydrogens (tertiary/aromatic N) is 2. The maximum Gasteiger partial charge on any atom is 0.410 e. The molecule has 3 unspecified atom stereocenters. The number of hydrogen-bond acceptors (Lipinski definition) is 5. The van der Waals surface area contributed by atoms with Gasteiger partial charge in [0.2, 0.25) is 0 Å².